The van der Waals surface area contributed by atoms with Crippen molar-refractivity contribution in [3.05, 3.63) is 71.8 Å². The van der Waals surface area contributed by atoms with Crippen LogP contribution in [0.2, 0.25) is 0 Å². The SMILES string of the molecule is C[C@H]1N(Cc2ccccc2)[C@H](c2ccccc2)COP1(=O)O. The van der Waals surface area contributed by atoms with Gasteiger partial charge in [0.05, 0.1) is 12.6 Å². The second kappa shape index (κ2) is 6.35. The molecule has 1 heterocycles. The molecule has 5 heteroatoms. The van der Waals surface area contributed by atoms with Crippen molar-refractivity contribution in [1.29, 1.82) is 0 Å². The molecule has 116 valence electrons. The van der Waals surface area contributed by atoms with Gasteiger partial charge in [0.25, 0.3) is 0 Å². The molecule has 1 saturated heterocycles. The van der Waals surface area contributed by atoms with Crippen molar-refractivity contribution in [2.45, 2.75) is 25.3 Å². The molecule has 3 rings (SSSR count). The fourth-order valence-corrected chi connectivity index (χ4v) is 4.02. The Hall–Kier alpha value is -1.45. The molecule has 22 heavy (non-hydrogen) atoms. The second-order valence-electron chi connectivity index (χ2n) is 5.58. The summed E-state index contributed by atoms with van der Waals surface area (Å²) in [5, 5.41) is 0. The summed E-state index contributed by atoms with van der Waals surface area (Å²) in [7, 11) is -3.60. The number of hydrogen-bond donors (Lipinski definition) is 1. The Labute approximate surface area is 130 Å². The maximum atomic E-state index is 12.2. The molecule has 1 unspecified atom stereocenters. The molecule has 0 aromatic heterocycles. The predicted molar refractivity (Wildman–Crippen MR) is 86.4 cm³/mol. The first kappa shape index (κ1) is 15.4. The van der Waals surface area contributed by atoms with Crippen LogP contribution in [-0.2, 0) is 15.6 Å². The average molecular weight is 317 g/mol. The Kier molecular flexibility index (Phi) is 4.46. The van der Waals surface area contributed by atoms with Crippen LogP contribution in [0.25, 0.3) is 0 Å². The smallest absolute Gasteiger partial charge is 0.323 e. The van der Waals surface area contributed by atoms with E-state index in [1.165, 1.54) is 0 Å². The van der Waals surface area contributed by atoms with Crippen molar-refractivity contribution >= 4 is 7.60 Å². The van der Waals surface area contributed by atoms with Crippen LogP contribution in [0.5, 0.6) is 0 Å². The van der Waals surface area contributed by atoms with E-state index in [1.807, 2.05) is 60.7 Å². The summed E-state index contributed by atoms with van der Waals surface area (Å²) in [6.45, 7) is 2.61. The minimum Gasteiger partial charge on any atom is -0.323 e. The van der Waals surface area contributed by atoms with Gasteiger partial charge in [0.2, 0.25) is 0 Å². The topological polar surface area (TPSA) is 49.8 Å². The quantitative estimate of drug-likeness (QED) is 0.875. The third-order valence-corrected chi connectivity index (χ3v) is 5.92. The van der Waals surface area contributed by atoms with Gasteiger partial charge < -0.3 is 9.42 Å². The highest BCUT2D eigenvalue weighted by atomic mass is 31.2. The van der Waals surface area contributed by atoms with E-state index in [9.17, 15) is 9.46 Å². The molecule has 4 nitrogen and oxygen atoms in total. The van der Waals surface area contributed by atoms with E-state index in [4.69, 9.17) is 4.52 Å². The highest BCUT2D eigenvalue weighted by Crippen LogP contribution is 2.55. The summed E-state index contributed by atoms with van der Waals surface area (Å²) < 4.78 is 17.5. The van der Waals surface area contributed by atoms with Gasteiger partial charge in [-0.05, 0) is 18.1 Å². The van der Waals surface area contributed by atoms with E-state index in [-0.39, 0.29) is 12.6 Å². The lowest BCUT2D eigenvalue weighted by Crippen LogP contribution is -2.42. The molecule has 0 aliphatic carbocycles. The zero-order valence-electron chi connectivity index (χ0n) is 12.5. The summed E-state index contributed by atoms with van der Waals surface area (Å²) >= 11 is 0. The summed E-state index contributed by atoms with van der Waals surface area (Å²) in [4.78, 5) is 12.1. The van der Waals surface area contributed by atoms with Crippen LogP contribution in [0.3, 0.4) is 0 Å². The maximum absolute atomic E-state index is 12.2. The van der Waals surface area contributed by atoms with Crippen LogP contribution < -0.4 is 0 Å². The number of benzene rings is 2. The lowest BCUT2D eigenvalue weighted by molar-refractivity contribution is 0.0594. The van der Waals surface area contributed by atoms with Crippen LogP contribution in [0, 0.1) is 0 Å². The highest BCUT2D eigenvalue weighted by Gasteiger charge is 2.42. The Morgan fingerprint density at radius 3 is 2.36 bits per heavy atom. The van der Waals surface area contributed by atoms with Crippen molar-refractivity contribution in [2.24, 2.45) is 0 Å². The van der Waals surface area contributed by atoms with Crippen LogP contribution >= 0.6 is 7.60 Å². The molecule has 3 atom stereocenters. The Balaban J connectivity index is 1.92. The van der Waals surface area contributed by atoms with Gasteiger partial charge in [-0.1, -0.05) is 60.7 Å². The first-order valence-corrected chi connectivity index (χ1v) is 9.04. The Morgan fingerprint density at radius 2 is 1.73 bits per heavy atom. The van der Waals surface area contributed by atoms with Gasteiger partial charge in [-0.3, -0.25) is 9.46 Å². The van der Waals surface area contributed by atoms with Crippen LogP contribution in [0.4, 0.5) is 0 Å². The van der Waals surface area contributed by atoms with Crippen LogP contribution in [0.15, 0.2) is 60.7 Å². The fourth-order valence-electron chi connectivity index (χ4n) is 2.83. The third-order valence-electron chi connectivity index (χ3n) is 4.16. The molecule has 1 N–H and O–H groups in total. The molecule has 0 spiro atoms. The van der Waals surface area contributed by atoms with Gasteiger partial charge in [0.15, 0.2) is 0 Å². The molecular formula is C17H20NO3P. The minimum atomic E-state index is -3.60. The van der Waals surface area contributed by atoms with Gasteiger partial charge in [-0.25, -0.2) is 0 Å². The van der Waals surface area contributed by atoms with E-state index >= 15 is 0 Å². The molecule has 2 aromatic carbocycles. The van der Waals surface area contributed by atoms with Gasteiger partial charge >= 0.3 is 7.60 Å². The molecule has 1 aliphatic rings. The molecule has 1 aliphatic heterocycles. The molecule has 0 saturated carbocycles. The Morgan fingerprint density at radius 1 is 1.14 bits per heavy atom. The van der Waals surface area contributed by atoms with Crippen molar-refractivity contribution in [3.63, 3.8) is 0 Å². The molecule has 0 amide bonds. The summed E-state index contributed by atoms with van der Waals surface area (Å²) in [5.41, 5.74) is 2.22. The maximum Gasteiger partial charge on any atom is 0.344 e. The second-order valence-corrected chi connectivity index (χ2v) is 7.71. The molecule has 1 fully saturated rings. The van der Waals surface area contributed by atoms with E-state index in [0.29, 0.717) is 6.54 Å². The minimum absolute atomic E-state index is 0.0226. The first-order chi connectivity index (χ1) is 10.6. The van der Waals surface area contributed by atoms with Crippen molar-refractivity contribution < 1.29 is 14.0 Å². The van der Waals surface area contributed by atoms with Gasteiger partial charge in [0, 0.05) is 6.54 Å². The van der Waals surface area contributed by atoms with E-state index in [2.05, 4.69) is 4.90 Å². The number of hydrogen-bond acceptors (Lipinski definition) is 3. The van der Waals surface area contributed by atoms with E-state index in [1.54, 1.807) is 6.92 Å². The monoisotopic (exact) mass is 317 g/mol. The van der Waals surface area contributed by atoms with Gasteiger partial charge in [-0.15, -0.1) is 0 Å². The fraction of sp³-hybridized carbons (Fsp3) is 0.294. The first-order valence-electron chi connectivity index (χ1n) is 7.39. The Bertz CT molecular complexity index is 662. The zero-order chi connectivity index (χ0) is 15.6. The van der Waals surface area contributed by atoms with Gasteiger partial charge in [-0.2, -0.15) is 0 Å². The van der Waals surface area contributed by atoms with E-state index < -0.39 is 13.4 Å². The van der Waals surface area contributed by atoms with Gasteiger partial charge in [0.1, 0.15) is 5.78 Å². The highest BCUT2D eigenvalue weighted by molar-refractivity contribution is 7.53. The zero-order valence-corrected chi connectivity index (χ0v) is 13.4. The molecule has 2 aromatic rings. The summed E-state index contributed by atoms with van der Waals surface area (Å²) in [6, 6.07) is 20.0. The predicted octanol–water partition coefficient (Wildman–Crippen LogP) is 3.79. The third kappa shape index (κ3) is 3.16. The summed E-state index contributed by atoms with van der Waals surface area (Å²) in [6.07, 6.45) is 0. The van der Waals surface area contributed by atoms with Crippen LogP contribution in [-0.4, -0.2) is 22.2 Å². The largest absolute Gasteiger partial charge is 0.344 e. The number of nitrogens with zero attached hydrogens (tertiary/aromatic N) is 1. The standard InChI is InChI=1S/C17H20NO3P/c1-14-18(12-15-8-4-2-5-9-15)17(13-21-22(14,19)20)16-10-6-3-7-11-16/h2-11,14,17H,12-13H2,1H3,(H,19,20)/t14-,17-/m0/s1. The molecule has 0 bridgehead atoms. The van der Waals surface area contributed by atoms with Crippen molar-refractivity contribution in [3.8, 4) is 0 Å². The van der Waals surface area contributed by atoms with Crippen molar-refractivity contribution in [1.82, 2.24) is 4.90 Å². The number of rotatable bonds is 3. The van der Waals surface area contributed by atoms with Crippen molar-refractivity contribution in [2.75, 3.05) is 6.61 Å². The lowest BCUT2D eigenvalue weighted by Gasteiger charge is -2.42. The van der Waals surface area contributed by atoms with E-state index in [0.717, 1.165) is 11.1 Å². The lowest BCUT2D eigenvalue weighted by atomic mass is 10.0. The molecular weight excluding hydrogens is 297 g/mol. The molecule has 0 radical (unpaired) electrons. The average Bonchev–Trinajstić information content (AvgIpc) is 2.54. The summed E-state index contributed by atoms with van der Waals surface area (Å²) in [5.74, 6) is -0.535. The normalized spacial score (nSPS) is 29.4. The van der Waals surface area contributed by atoms with Crippen LogP contribution in [0.1, 0.15) is 24.1 Å².